The molecule has 2 rings (SSSR count). The lowest BCUT2D eigenvalue weighted by Gasteiger charge is -2.10. The third-order valence-electron chi connectivity index (χ3n) is 2.39. The average molecular weight is 311 g/mol. The molecule has 1 atom stereocenters. The fraction of sp³-hybridized carbons (Fsp3) is 0.154. The second-order valence-corrected chi connectivity index (χ2v) is 4.84. The first-order valence-corrected chi connectivity index (χ1v) is 6.19. The van der Waals surface area contributed by atoms with Gasteiger partial charge in [-0.05, 0) is 46.6 Å². The first-order chi connectivity index (χ1) is 8.56. The first-order valence-electron chi connectivity index (χ1n) is 5.39. The molecule has 0 saturated carbocycles. The van der Waals surface area contributed by atoms with Gasteiger partial charge in [0.25, 0.3) is 0 Å². The molecule has 0 saturated heterocycles. The van der Waals surface area contributed by atoms with E-state index in [2.05, 4.69) is 20.9 Å². The summed E-state index contributed by atoms with van der Waals surface area (Å²) in [4.78, 5) is 3.94. The van der Waals surface area contributed by atoms with Gasteiger partial charge in [-0.3, -0.25) is 4.98 Å². The Labute approximate surface area is 113 Å². The number of rotatable bonds is 3. The molecule has 0 bridgehead atoms. The summed E-state index contributed by atoms with van der Waals surface area (Å²) >= 11 is 3.27. The molecule has 0 aliphatic heterocycles. The molecule has 18 heavy (non-hydrogen) atoms. The average Bonchev–Trinajstić information content (AvgIpc) is 2.31. The van der Waals surface area contributed by atoms with Gasteiger partial charge in [0.2, 0.25) is 0 Å². The van der Waals surface area contributed by atoms with Crippen LogP contribution in [0.2, 0.25) is 0 Å². The van der Waals surface area contributed by atoms with E-state index in [1.165, 1.54) is 12.3 Å². The molecular weight excluding hydrogens is 299 g/mol. The Bertz CT molecular complexity index is 560. The molecule has 3 nitrogen and oxygen atoms in total. The number of hydrogen-bond acceptors (Lipinski definition) is 3. The quantitative estimate of drug-likeness (QED) is 0.938. The summed E-state index contributed by atoms with van der Waals surface area (Å²) in [6.45, 7) is 1.80. The third kappa shape index (κ3) is 3.05. The van der Waals surface area contributed by atoms with E-state index in [-0.39, 0.29) is 11.8 Å². The van der Waals surface area contributed by atoms with E-state index in [1.807, 2.05) is 0 Å². The smallest absolute Gasteiger partial charge is 0.166 e. The number of nitrogens with zero attached hydrogens (tertiary/aromatic N) is 1. The van der Waals surface area contributed by atoms with E-state index in [9.17, 15) is 4.39 Å². The maximum absolute atomic E-state index is 13.8. The summed E-state index contributed by atoms with van der Waals surface area (Å²) in [6.07, 6.45) is 3.14. The van der Waals surface area contributed by atoms with Crippen LogP contribution in [-0.2, 0) is 0 Å². The highest BCUT2D eigenvalue weighted by Crippen LogP contribution is 2.27. The fourth-order valence-electron chi connectivity index (χ4n) is 1.46. The maximum Gasteiger partial charge on any atom is 0.166 e. The van der Waals surface area contributed by atoms with Gasteiger partial charge in [-0.25, -0.2) is 4.39 Å². The predicted molar refractivity (Wildman–Crippen MR) is 71.0 cm³/mol. The molecule has 0 amide bonds. The van der Waals surface area contributed by atoms with Crippen molar-refractivity contribution in [1.29, 1.82) is 0 Å². The molecule has 0 radical (unpaired) electrons. The van der Waals surface area contributed by atoms with E-state index in [0.717, 1.165) is 10.0 Å². The number of aromatic nitrogens is 1. The molecule has 0 spiro atoms. The fourth-order valence-corrected chi connectivity index (χ4v) is 1.80. The Balaban J connectivity index is 2.24. The minimum absolute atomic E-state index is 0.152. The van der Waals surface area contributed by atoms with Crippen molar-refractivity contribution in [1.82, 2.24) is 4.98 Å². The zero-order chi connectivity index (χ0) is 13.1. The number of benzene rings is 1. The minimum atomic E-state index is -0.440. The van der Waals surface area contributed by atoms with Gasteiger partial charge in [-0.1, -0.05) is 6.07 Å². The zero-order valence-electron chi connectivity index (χ0n) is 9.73. The Morgan fingerprint density at radius 3 is 2.72 bits per heavy atom. The summed E-state index contributed by atoms with van der Waals surface area (Å²) in [5.74, 6) is 0.181. The van der Waals surface area contributed by atoms with Crippen LogP contribution in [0.4, 0.5) is 4.39 Å². The number of hydrogen-bond donors (Lipinski definition) is 1. The molecule has 0 fully saturated rings. The van der Waals surface area contributed by atoms with Gasteiger partial charge < -0.3 is 10.5 Å². The van der Waals surface area contributed by atoms with E-state index >= 15 is 0 Å². The Kier molecular flexibility index (Phi) is 3.93. The van der Waals surface area contributed by atoms with E-state index in [0.29, 0.717) is 5.75 Å². The van der Waals surface area contributed by atoms with Gasteiger partial charge >= 0.3 is 0 Å². The lowest BCUT2D eigenvalue weighted by Crippen LogP contribution is -2.05. The van der Waals surface area contributed by atoms with Crippen LogP contribution in [0.25, 0.3) is 0 Å². The highest BCUT2D eigenvalue weighted by atomic mass is 79.9. The highest BCUT2D eigenvalue weighted by molar-refractivity contribution is 9.10. The van der Waals surface area contributed by atoms with Crippen molar-refractivity contribution in [3.05, 3.63) is 52.5 Å². The standard InChI is InChI=1S/C13H12BrFN2O/c1-8(16)9-2-3-13(12(15)4-9)18-11-5-10(14)6-17-7-11/h2-8H,16H2,1H3/t8-/m1/s1. The summed E-state index contributed by atoms with van der Waals surface area (Å²) in [5, 5.41) is 0. The normalized spacial score (nSPS) is 12.2. The topological polar surface area (TPSA) is 48.1 Å². The third-order valence-corrected chi connectivity index (χ3v) is 2.82. The maximum atomic E-state index is 13.8. The molecule has 94 valence electrons. The number of ether oxygens (including phenoxy) is 1. The molecule has 0 aliphatic rings. The lowest BCUT2D eigenvalue weighted by molar-refractivity contribution is 0.439. The second-order valence-electron chi connectivity index (χ2n) is 3.92. The van der Waals surface area contributed by atoms with Crippen LogP contribution in [0.3, 0.4) is 0 Å². The van der Waals surface area contributed by atoms with Crippen molar-refractivity contribution in [3.63, 3.8) is 0 Å². The summed E-state index contributed by atoms with van der Waals surface area (Å²) in [6, 6.07) is 6.20. The van der Waals surface area contributed by atoms with Crippen molar-refractivity contribution >= 4 is 15.9 Å². The molecule has 2 aromatic rings. The molecule has 0 aliphatic carbocycles. The predicted octanol–water partition coefficient (Wildman–Crippen LogP) is 3.80. The molecule has 5 heteroatoms. The molecule has 1 heterocycles. The Hall–Kier alpha value is -1.46. The van der Waals surface area contributed by atoms with Crippen LogP contribution >= 0.6 is 15.9 Å². The Morgan fingerprint density at radius 2 is 2.11 bits per heavy atom. The van der Waals surface area contributed by atoms with Crippen LogP contribution < -0.4 is 10.5 Å². The van der Waals surface area contributed by atoms with Gasteiger partial charge in [0.05, 0.1) is 6.20 Å². The molecule has 1 aromatic carbocycles. The summed E-state index contributed by atoms with van der Waals surface area (Å²) in [5.41, 5.74) is 6.41. The lowest BCUT2D eigenvalue weighted by atomic mass is 10.1. The number of nitrogens with two attached hydrogens (primary N) is 1. The van der Waals surface area contributed by atoms with Gasteiger partial charge in [-0.15, -0.1) is 0 Å². The van der Waals surface area contributed by atoms with E-state index < -0.39 is 5.82 Å². The van der Waals surface area contributed by atoms with E-state index in [4.69, 9.17) is 10.5 Å². The molecule has 2 N–H and O–H groups in total. The van der Waals surface area contributed by atoms with Crippen molar-refractivity contribution in [3.8, 4) is 11.5 Å². The monoisotopic (exact) mass is 310 g/mol. The van der Waals surface area contributed by atoms with Gasteiger partial charge in [0.15, 0.2) is 11.6 Å². The van der Waals surface area contributed by atoms with Crippen LogP contribution in [0, 0.1) is 5.82 Å². The molecule has 0 unspecified atom stereocenters. The molecule has 1 aromatic heterocycles. The van der Waals surface area contributed by atoms with E-state index in [1.54, 1.807) is 31.3 Å². The highest BCUT2D eigenvalue weighted by Gasteiger charge is 2.08. The second kappa shape index (κ2) is 5.46. The summed E-state index contributed by atoms with van der Waals surface area (Å²) in [7, 11) is 0. The van der Waals surface area contributed by atoms with Crippen molar-refractivity contribution in [2.45, 2.75) is 13.0 Å². The first kappa shape index (κ1) is 13.0. The van der Waals surface area contributed by atoms with Crippen molar-refractivity contribution in [2.75, 3.05) is 0 Å². The van der Waals surface area contributed by atoms with Crippen LogP contribution in [-0.4, -0.2) is 4.98 Å². The van der Waals surface area contributed by atoms with Crippen LogP contribution in [0.1, 0.15) is 18.5 Å². The van der Waals surface area contributed by atoms with Crippen LogP contribution in [0.15, 0.2) is 41.1 Å². The van der Waals surface area contributed by atoms with Gasteiger partial charge in [-0.2, -0.15) is 0 Å². The number of pyridine rings is 1. The van der Waals surface area contributed by atoms with Crippen molar-refractivity contribution in [2.24, 2.45) is 5.73 Å². The minimum Gasteiger partial charge on any atom is -0.453 e. The SMILES string of the molecule is C[C@@H](N)c1ccc(Oc2cncc(Br)c2)c(F)c1. The van der Waals surface area contributed by atoms with Crippen LogP contribution in [0.5, 0.6) is 11.5 Å². The zero-order valence-corrected chi connectivity index (χ0v) is 11.3. The van der Waals surface area contributed by atoms with Crippen molar-refractivity contribution < 1.29 is 9.13 Å². The Morgan fingerprint density at radius 1 is 1.33 bits per heavy atom. The largest absolute Gasteiger partial charge is 0.453 e. The summed E-state index contributed by atoms with van der Waals surface area (Å²) < 4.78 is 20.0. The molecular formula is C13H12BrFN2O. The number of halogens is 2. The van der Waals surface area contributed by atoms with Gasteiger partial charge in [0.1, 0.15) is 5.75 Å². The van der Waals surface area contributed by atoms with Gasteiger partial charge in [0, 0.05) is 16.7 Å².